The Bertz CT molecular complexity index is 1010. The van der Waals surface area contributed by atoms with Gasteiger partial charge >= 0.3 is 5.69 Å². The molecule has 2 aromatic carbocycles. The standard InChI is InChI=1S/C20H19N5O4/c1-15-2-4-17(5-3-15)14-29-19-8-6-16(7-9-19)10-21-23-20(26)13-24-12-18(11-22-24)25(27)28/h2-12H,13-14H2,1H3,(H,23,26). The second-order valence-electron chi connectivity index (χ2n) is 6.29. The van der Waals surface area contributed by atoms with Gasteiger partial charge in [0, 0.05) is 0 Å². The molecule has 9 nitrogen and oxygen atoms in total. The second kappa shape index (κ2) is 9.27. The van der Waals surface area contributed by atoms with Gasteiger partial charge in [0.1, 0.15) is 31.3 Å². The third kappa shape index (κ3) is 5.99. The zero-order chi connectivity index (χ0) is 20.6. The summed E-state index contributed by atoms with van der Waals surface area (Å²) < 4.78 is 6.91. The molecule has 0 bridgehead atoms. The van der Waals surface area contributed by atoms with E-state index in [0.29, 0.717) is 6.61 Å². The van der Waals surface area contributed by atoms with Crippen LogP contribution in [-0.2, 0) is 17.9 Å². The van der Waals surface area contributed by atoms with Crippen LogP contribution in [0.1, 0.15) is 16.7 Å². The first kappa shape index (κ1) is 19.7. The first-order valence-corrected chi connectivity index (χ1v) is 8.77. The maximum atomic E-state index is 11.8. The van der Waals surface area contributed by atoms with E-state index in [2.05, 4.69) is 15.6 Å². The number of benzene rings is 2. The van der Waals surface area contributed by atoms with E-state index >= 15 is 0 Å². The van der Waals surface area contributed by atoms with Gasteiger partial charge in [0.25, 0.3) is 5.91 Å². The minimum absolute atomic E-state index is 0.170. The quantitative estimate of drug-likeness (QED) is 0.359. The molecular formula is C20H19N5O4. The van der Waals surface area contributed by atoms with Gasteiger partial charge in [-0.05, 0) is 42.3 Å². The summed E-state index contributed by atoms with van der Waals surface area (Å²) in [6.45, 7) is 2.35. The number of nitro groups is 1. The summed E-state index contributed by atoms with van der Waals surface area (Å²) in [5.74, 6) is 0.282. The van der Waals surface area contributed by atoms with Crippen LogP contribution in [0.5, 0.6) is 5.75 Å². The van der Waals surface area contributed by atoms with Crippen LogP contribution in [-0.4, -0.2) is 26.8 Å². The number of carbonyl (C=O) groups is 1. The second-order valence-corrected chi connectivity index (χ2v) is 6.29. The molecule has 29 heavy (non-hydrogen) atoms. The fourth-order valence-electron chi connectivity index (χ4n) is 2.40. The average molecular weight is 393 g/mol. The highest BCUT2D eigenvalue weighted by Gasteiger charge is 2.10. The predicted molar refractivity (Wildman–Crippen MR) is 107 cm³/mol. The van der Waals surface area contributed by atoms with E-state index in [9.17, 15) is 14.9 Å². The minimum Gasteiger partial charge on any atom is -0.489 e. The Morgan fingerprint density at radius 1 is 1.24 bits per heavy atom. The molecule has 1 amide bonds. The van der Waals surface area contributed by atoms with Crippen molar-refractivity contribution >= 4 is 17.8 Å². The van der Waals surface area contributed by atoms with Crippen molar-refractivity contribution in [1.29, 1.82) is 0 Å². The van der Waals surface area contributed by atoms with E-state index in [1.165, 1.54) is 22.7 Å². The van der Waals surface area contributed by atoms with Gasteiger partial charge in [-0.3, -0.25) is 19.6 Å². The number of hydrogen-bond acceptors (Lipinski definition) is 6. The summed E-state index contributed by atoms with van der Waals surface area (Å²) in [6.07, 6.45) is 3.75. The Kier molecular flexibility index (Phi) is 6.31. The fraction of sp³-hybridized carbons (Fsp3) is 0.150. The lowest BCUT2D eigenvalue weighted by atomic mass is 10.2. The lowest BCUT2D eigenvalue weighted by molar-refractivity contribution is -0.385. The van der Waals surface area contributed by atoms with E-state index in [-0.39, 0.29) is 12.2 Å². The zero-order valence-corrected chi connectivity index (χ0v) is 15.7. The number of nitrogens with zero attached hydrogens (tertiary/aromatic N) is 4. The average Bonchev–Trinajstić information content (AvgIpc) is 3.17. The SMILES string of the molecule is Cc1ccc(COc2ccc(C=NNC(=O)Cn3cc([N+](=O)[O-])cn3)cc2)cc1. The van der Waals surface area contributed by atoms with Gasteiger partial charge in [0.05, 0.1) is 11.1 Å². The van der Waals surface area contributed by atoms with E-state index in [1.807, 2.05) is 55.5 Å². The summed E-state index contributed by atoms with van der Waals surface area (Å²) >= 11 is 0. The molecule has 0 atom stereocenters. The summed E-state index contributed by atoms with van der Waals surface area (Å²) in [5, 5.41) is 18.2. The molecule has 9 heteroatoms. The molecule has 0 radical (unpaired) electrons. The molecule has 3 aromatic rings. The number of nitrogens with one attached hydrogen (secondary N) is 1. The molecule has 0 aliphatic carbocycles. The Morgan fingerprint density at radius 3 is 2.62 bits per heavy atom. The highest BCUT2D eigenvalue weighted by Crippen LogP contribution is 2.14. The van der Waals surface area contributed by atoms with E-state index in [1.54, 1.807) is 0 Å². The van der Waals surface area contributed by atoms with Gasteiger partial charge in [-0.2, -0.15) is 10.2 Å². The van der Waals surface area contributed by atoms with Gasteiger partial charge in [0.15, 0.2) is 0 Å². The highest BCUT2D eigenvalue weighted by molar-refractivity contribution is 5.82. The number of hydrazone groups is 1. The molecule has 1 aromatic heterocycles. The highest BCUT2D eigenvalue weighted by atomic mass is 16.6. The fourth-order valence-corrected chi connectivity index (χ4v) is 2.40. The normalized spacial score (nSPS) is 10.8. The third-order valence-electron chi connectivity index (χ3n) is 3.95. The van der Waals surface area contributed by atoms with Gasteiger partial charge in [-0.25, -0.2) is 5.43 Å². The van der Waals surface area contributed by atoms with Crippen LogP contribution in [0, 0.1) is 17.0 Å². The van der Waals surface area contributed by atoms with Crippen molar-refractivity contribution < 1.29 is 14.5 Å². The smallest absolute Gasteiger partial charge is 0.307 e. The van der Waals surface area contributed by atoms with Crippen molar-refractivity contribution in [3.63, 3.8) is 0 Å². The molecule has 0 aliphatic rings. The van der Waals surface area contributed by atoms with Gasteiger partial charge in [-0.15, -0.1) is 0 Å². The van der Waals surface area contributed by atoms with Crippen LogP contribution >= 0.6 is 0 Å². The van der Waals surface area contributed by atoms with Crippen molar-refractivity contribution in [1.82, 2.24) is 15.2 Å². The third-order valence-corrected chi connectivity index (χ3v) is 3.95. The van der Waals surface area contributed by atoms with Crippen LogP contribution in [0.15, 0.2) is 66.0 Å². The monoisotopic (exact) mass is 393 g/mol. The number of aryl methyl sites for hydroxylation is 1. The molecule has 3 rings (SSSR count). The molecule has 0 saturated carbocycles. The maximum Gasteiger partial charge on any atom is 0.307 e. The minimum atomic E-state index is -0.576. The Morgan fingerprint density at radius 2 is 1.97 bits per heavy atom. The summed E-state index contributed by atoms with van der Waals surface area (Å²) in [6, 6.07) is 15.4. The molecule has 0 fully saturated rings. The van der Waals surface area contributed by atoms with E-state index in [0.717, 1.165) is 23.1 Å². The van der Waals surface area contributed by atoms with Crippen molar-refractivity contribution in [3.8, 4) is 5.75 Å². The number of hydrogen-bond donors (Lipinski definition) is 1. The first-order chi connectivity index (χ1) is 14.0. The molecular weight excluding hydrogens is 374 g/mol. The van der Waals surface area contributed by atoms with E-state index in [4.69, 9.17) is 4.74 Å². The molecule has 0 spiro atoms. The Balaban J connectivity index is 1.45. The predicted octanol–water partition coefficient (Wildman–Crippen LogP) is 2.83. The molecule has 0 unspecified atom stereocenters. The Labute approximate surface area is 166 Å². The molecule has 0 aliphatic heterocycles. The number of ether oxygens (including phenoxy) is 1. The van der Waals surface area contributed by atoms with Gasteiger partial charge < -0.3 is 4.74 Å². The number of carbonyl (C=O) groups excluding carboxylic acids is 1. The topological polar surface area (TPSA) is 112 Å². The van der Waals surface area contributed by atoms with E-state index < -0.39 is 10.8 Å². The molecule has 0 saturated heterocycles. The van der Waals surface area contributed by atoms with Gasteiger partial charge in [0.2, 0.25) is 0 Å². The van der Waals surface area contributed by atoms with Gasteiger partial charge in [-0.1, -0.05) is 29.8 Å². The summed E-state index contributed by atoms with van der Waals surface area (Å²) in [7, 11) is 0. The number of aromatic nitrogens is 2. The molecule has 1 heterocycles. The van der Waals surface area contributed by atoms with Crippen LogP contribution in [0.2, 0.25) is 0 Å². The Hall–Kier alpha value is -4.01. The lowest BCUT2D eigenvalue weighted by Crippen LogP contribution is -2.23. The first-order valence-electron chi connectivity index (χ1n) is 8.77. The van der Waals surface area contributed by atoms with Crippen LogP contribution in [0.25, 0.3) is 0 Å². The largest absolute Gasteiger partial charge is 0.489 e. The summed E-state index contributed by atoms with van der Waals surface area (Å²) in [4.78, 5) is 21.8. The zero-order valence-electron chi connectivity index (χ0n) is 15.7. The molecule has 1 N–H and O–H groups in total. The van der Waals surface area contributed by atoms with Crippen molar-refractivity contribution in [3.05, 3.63) is 87.7 Å². The number of rotatable bonds is 8. The number of amides is 1. The van der Waals surface area contributed by atoms with Crippen LogP contribution < -0.4 is 10.2 Å². The maximum absolute atomic E-state index is 11.8. The van der Waals surface area contributed by atoms with Crippen LogP contribution in [0.3, 0.4) is 0 Å². The van der Waals surface area contributed by atoms with Crippen molar-refractivity contribution in [2.24, 2.45) is 5.10 Å². The lowest BCUT2D eigenvalue weighted by Gasteiger charge is -2.06. The van der Waals surface area contributed by atoms with Crippen LogP contribution in [0.4, 0.5) is 5.69 Å². The summed E-state index contributed by atoms with van der Waals surface area (Å²) in [5.41, 5.74) is 5.25. The molecule has 148 valence electrons. The van der Waals surface area contributed by atoms with Crippen molar-refractivity contribution in [2.45, 2.75) is 20.1 Å². The van der Waals surface area contributed by atoms with Crippen molar-refractivity contribution in [2.75, 3.05) is 0 Å².